The summed E-state index contributed by atoms with van der Waals surface area (Å²) < 4.78 is 14.2. The van der Waals surface area contributed by atoms with Crippen LogP contribution in [-0.2, 0) is 4.79 Å². The van der Waals surface area contributed by atoms with Crippen LogP contribution in [0, 0.1) is 11.7 Å². The van der Waals surface area contributed by atoms with Crippen molar-refractivity contribution < 1.29 is 19.1 Å². The third kappa shape index (κ3) is 5.66. The Balaban J connectivity index is 0.00000342. The average molecular weight is 494 g/mol. The van der Waals surface area contributed by atoms with Crippen LogP contribution in [-0.4, -0.2) is 40.0 Å². The molecule has 4 rings (SSSR count). The van der Waals surface area contributed by atoms with E-state index >= 15 is 0 Å². The number of hydrogen-bond donors (Lipinski definition) is 2. The number of carboxylic acid groups (broad SMARTS) is 1. The molecule has 3 aromatic carbocycles. The second-order valence-electron chi connectivity index (χ2n) is 8.35. The van der Waals surface area contributed by atoms with E-state index in [9.17, 15) is 19.1 Å². The first-order valence-electron chi connectivity index (χ1n) is 10.8. The highest BCUT2D eigenvalue weighted by Gasteiger charge is 2.30. The number of nitrogens with one attached hydrogen (secondary N) is 1. The van der Waals surface area contributed by atoms with Crippen LogP contribution in [0.3, 0.4) is 0 Å². The van der Waals surface area contributed by atoms with Gasteiger partial charge in [-0.15, -0.1) is 0 Å². The number of hydrogen-bond acceptors (Lipinski definition) is 5. The van der Waals surface area contributed by atoms with Crippen molar-refractivity contribution in [2.45, 2.75) is 27.3 Å². The van der Waals surface area contributed by atoms with E-state index < -0.39 is 12.0 Å². The topological polar surface area (TPSA) is 82.5 Å². The van der Waals surface area contributed by atoms with Gasteiger partial charge in [0, 0.05) is 18.3 Å². The minimum atomic E-state index is -1.02. The first-order valence-corrected chi connectivity index (χ1v) is 11.6. The molecule has 0 spiro atoms. The maximum Gasteiger partial charge on any atom is 0.326 e. The molecule has 0 unspecified atom stereocenters. The lowest BCUT2D eigenvalue weighted by Gasteiger charge is -2.27. The van der Waals surface area contributed by atoms with Gasteiger partial charge < -0.3 is 15.3 Å². The van der Waals surface area contributed by atoms with Gasteiger partial charge in [0.15, 0.2) is 5.13 Å². The zero-order valence-electron chi connectivity index (χ0n) is 18.9. The lowest BCUT2D eigenvalue weighted by Crippen LogP contribution is -2.45. The van der Waals surface area contributed by atoms with Gasteiger partial charge in [0.1, 0.15) is 11.9 Å². The number of amides is 1. The van der Waals surface area contributed by atoms with Crippen LogP contribution < -0.4 is 5.32 Å². The van der Waals surface area contributed by atoms with Crippen molar-refractivity contribution in [2.75, 3.05) is 12.4 Å². The molecule has 4 aromatic rings. The lowest BCUT2D eigenvalue weighted by molar-refractivity contribution is -0.143. The quantitative estimate of drug-likeness (QED) is 0.301. The number of benzene rings is 3. The summed E-state index contributed by atoms with van der Waals surface area (Å²) in [4.78, 5) is 30.1. The highest BCUT2D eigenvalue weighted by molar-refractivity contribution is 7.22. The first kappa shape index (κ1) is 25.8. The molecule has 1 heterocycles. The van der Waals surface area contributed by atoms with Crippen LogP contribution in [0.25, 0.3) is 21.3 Å². The highest BCUT2D eigenvalue weighted by Crippen LogP contribution is 2.30. The summed E-state index contributed by atoms with van der Waals surface area (Å²) in [6.07, 6.45) is 0. The molecule has 0 fully saturated rings. The van der Waals surface area contributed by atoms with Crippen LogP contribution in [0.2, 0.25) is 0 Å². The van der Waals surface area contributed by atoms with Gasteiger partial charge in [-0.25, -0.2) is 14.2 Å². The average Bonchev–Trinajstić information content (AvgIpc) is 3.20. The van der Waals surface area contributed by atoms with Gasteiger partial charge in [-0.2, -0.15) is 0 Å². The molecule has 0 aliphatic heterocycles. The molecule has 0 saturated heterocycles. The Morgan fingerprint density at radius 1 is 1.00 bits per heavy atom. The number of rotatable bonds is 7. The van der Waals surface area contributed by atoms with Crippen LogP contribution in [0.4, 0.5) is 15.2 Å². The molecule has 6 nitrogen and oxygen atoms in total. The Labute approximate surface area is 208 Å². The van der Waals surface area contributed by atoms with Crippen molar-refractivity contribution in [3.8, 4) is 11.1 Å². The Kier molecular flexibility index (Phi) is 7.86. The number of carboxylic acids is 1. The molecule has 8 heteroatoms. The summed E-state index contributed by atoms with van der Waals surface area (Å²) >= 11 is 1.38. The highest BCUT2D eigenvalue weighted by atomic mass is 32.1. The minimum Gasteiger partial charge on any atom is -0.480 e. The Hall–Kier alpha value is -3.78. The van der Waals surface area contributed by atoms with Crippen LogP contribution in [0.1, 0.15) is 31.6 Å². The predicted octanol–water partition coefficient (Wildman–Crippen LogP) is 6.66. The van der Waals surface area contributed by atoms with Crippen molar-refractivity contribution >= 4 is 44.2 Å². The van der Waals surface area contributed by atoms with E-state index in [1.54, 1.807) is 32.0 Å². The standard InChI is InChI=1S/C26H24FN3O3S.CH4/c1-15(2)23(25(32)33)30(3)24(31)18-6-4-16(5-7-18)17-8-11-20(12-9-17)28-26-29-21-13-10-19(27)14-22(21)34-26;/h4-15,23H,1-3H3,(H,28,29)(H,32,33);1H4/t23-;/m0./s1. The van der Waals surface area contributed by atoms with E-state index in [0.29, 0.717) is 10.7 Å². The number of nitrogens with zero attached hydrogens (tertiary/aromatic N) is 2. The van der Waals surface area contributed by atoms with E-state index in [4.69, 9.17) is 0 Å². The Morgan fingerprint density at radius 3 is 2.17 bits per heavy atom. The van der Waals surface area contributed by atoms with E-state index in [-0.39, 0.29) is 25.1 Å². The summed E-state index contributed by atoms with van der Waals surface area (Å²) in [5.41, 5.74) is 3.93. The number of aromatic nitrogens is 1. The van der Waals surface area contributed by atoms with Crippen molar-refractivity contribution in [1.82, 2.24) is 9.88 Å². The Bertz CT molecular complexity index is 1330. The van der Waals surface area contributed by atoms with E-state index in [0.717, 1.165) is 27.0 Å². The van der Waals surface area contributed by atoms with E-state index in [2.05, 4.69) is 10.3 Å². The summed E-state index contributed by atoms with van der Waals surface area (Å²) in [6.45, 7) is 3.56. The van der Waals surface area contributed by atoms with Crippen molar-refractivity contribution in [3.63, 3.8) is 0 Å². The first-order chi connectivity index (χ1) is 16.2. The van der Waals surface area contributed by atoms with Gasteiger partial charge in [-0.3, -0.25) is 4.79 Å². The molecule has 182 valence electrons. The smallest absolute Gasteiger partial charge is 0.326 e. The van der Waals surface area contributed by atoms with Crippen molar-refractivity contribution in [3.05, 3.63) is 78.1 Å². The number of anilines is 2. The SMILES string of the molecule is C.CC(C)[C@@H](C(=O)O)N(C)C(=O)c1ccc(-c2ccc(Nc3nc4ccc(F)cc4s3)cc2)cc1. The molecular formula is C27H28FN3O3S. The number of fused-ring (bicyclic) bond motifs is 1. The number of carbonyl (C=O) groups excluding carboxylic acids is 1. The summed E-state index contributed by atoms with van der Waals surface area (Å²) in [5, 5.41) is 13.4. The van der Waals surface area contributed by atoms with Crippen molar-refractivity contribution in [2.24, 2.45) is 5.92 Å². The molecule has 0 saturated carbocycles. The Morgan fingerprint density at radius 2 is 1.60 bits per heavy atom. The van der Waals surface area contributed by atoms with E-state index in [1.165, 1.54) is 35.4 Å². The fourth-order valence-electron chi connectivity index (χ4n) is 3.85. The second-order valence-corrected chi connectivity index (χ2v) is 9.38. The number of aliphatic carboxylic acids is 1. The largest absolute Gasteiger partial charge is 0.480 e. The third-order valence-corrected chi connectivity index (χ3v) is 6.51. The number of thiazole rings is 1. The molecule has 2 N–H and O–H groups in total. The number of carbonyl (C=O) groups is 2. The van der Waals surface area contributed by atoms with Crippen molar-refractivity contribution in [1.29, 1.82) is 0 Å². The zero-order valence-corrected chi connectivity index (χ0v) is 19.8. The second kappa shape index (κ2) is 10.7. The molecular weight excluding hydrogens is 465 g/mol. The summed E-state index contributed by atoms with van der Waals surface area (Å²) in [5.74, 6) is -1.84. The fourth-order valence-corrected chi connectivity index (χ4v) is 4.77. The van der Waals surface area contributed by atoms with Gasteiger partial charge in [-0.1, -0.05) is 56.9 Å². The molecule has 1 aromatic heterocycles. The zero-order chi connectivity index (χ0) is 24.4. The number of halogens is 1. The number of likely N-dealkylation sites (N-methyl/N-ethyl adjacent to an activating group) is 1. The molecule has 0 bridgehead atoms. The third-order valence-electron chi connectivity index (χ3n) is 5.57. The molecule has 0 radical (unpaired) electrons. The fraction of sp³-hybridized carbons (Fsp3) is 0.222. The van der Waals surface area contributed by atoms with Gasteiger partial charge in [0.25, 0.3) is 5.91 Å². The van der Waals surface area contributed by atoms with Crippen LogP contribution in [0.15, 0.2) is 66.7 Å². The van der Waals surface area contributed by atoms with Gasteiger partial charge in [0.05, 0.1) is 10.2 Å². The molecule has 35 heavy (non-hydrogen) atoms. The summed E-state index contributed by atoms with van der Waals surface area (Å²) in [6, 6.07) is 18.5. The predicted molar refractivity (Wildman–Crippen MR) is 140 cm³/mol. The molecule has 0 aliphatic carbocycles. The minimum absolute atomic E-state index is 0. The molecule has 0 aliphatic rings. The summed E-state index contributed by atoms with van der Waals surface area (Å²) in [7, 11) is 1.52. The molecule has 1 atom stereocenters. The maximum atomic E-state index is 13.4. The van der Waals surface area contributed by atoms with Gasteiger partial charge >= 0.3 is 5.97 Å². The van der Waals surface area contributed by atoms with Crippen LogP contribution in [0.5, 0.6) is 0 Å². The van der Waals surface area contributed by atoms with Gasteiger partial charge in [-0.05, 0) is 59.5 Å². The molecule has 1 amide bonds. The normalized spacial score (nSPS) is 11.7. The monoisotopic (exact) mass is 493 g/mol. The maximum absolute atomic E-state index is 13.4. The van der Waals surface area contributed by atoms with Crippen LogP contribution >= 0.6 is 11.3 Å². The van der Waals surface area contributed by atoms with E-state index in [1.807, 2.05) is 36.4 Å². The lowest BCUT2D eigenvalue weighted by atomic mass is 10.0. The van der Waals surface area contributed by atoms with Gasteiger partial charge in [0.2, 0.25) is 0 Å².